The van der Waals surface area contributed by atoms with Gasteiger partial charge in [0.25, 0.3) is 0 Å². The van der Waals surface area contributed by atoms with Crippen molar-refractivity contribution in [2.75, 3.05) is 13.2 Å². The Morgan fingerprint density at radius 1 is 1.24 bits per heavy atom. The summed E-state index contributed by atoms with van der Waals surface area (Å²) in [5, 5.41) is 0. The van der Waals surface area contributed by atoms with Crippen LogP contribution in [0.25, 0.3) is 0 Å². The Morgan fingerprint density at radius 2 is 1.94 bits per heavy atom. The van der Waals surface area contributed by atoms with E-state index >= 15 is 0 Å². The minimum absolute atomic E-state index is 0.0763. The number of ether oxygens (including phenoxy) is 2. The zero-order valence-corrected chi connectivity index (χ0v) is 9.78. The van der Waals surface area contributed by atoms with E-state index in [-0.39, 0.29) is 11.2 Å². The fourth-order valence-corrected chi connectivity index (χ4v) is 2.85. The molecule has 0 amide bonds. The van der Waals surface area contributed by atoms with Crippen LogP contribution in [0.5, 0.6) is 0 Å². The van der Waals surface area contributed by atoms with Crippen LogP contribution in [0.15, 0.2) is 23.1 Å². The van der Waals surface area contributed by atoms with Crippen molar-refractivity contribution in [2.45, 2.75) is 37.4 Å². The molecule has 1 aromatic heterocycles. The van der Waals surface area contributed by atoms with E-state index in [1.807, 2.05) is 0 Å². The Bertz CT molecular complexity index is 438. The van der Waals surface area contributed by atoms with Crippen LogP contribution in [0.3, 0.4) is 0 Å². The molecule has 17 heavy (non-hydrogen) atoms. The maximum atomic E-state index is 11.3. The standard InChI is InChI=1S/C13H17NO3/c15-11-3-6-14-12(9-11)10-1-4-13(5-2-10)16-7-8-17-13/h3,6,9-10H,1-2,4-5,7-8H2,(H,14,15). The summed E-state index contributed by atoms with van der Waals surface area (Å²) < 4.78 is 11.4. The largest absolute Gasteiger partial charge is 0.365 e. The molecule has 1 saturated heterocycles. The molecule has 1 spiro atoms. The van der Waals surface area contributed by atoms with Gasteiger partial charge in [-0.3, -0.25) is 4.79 Å². The van der Waals surface area contributed by atoms with Gasteiger partial charge in [-0.1, -0.05) is 0 Å². The van der Waals surface area contributed by atoms with E-state index in [0.717, 1.165) is 31.4 Å². The fourth-order valence-electron chi connectivity index (χ4n) is 2.85. The molecule has 0 aromatic carbocycles. The molecule has 4 heteroatoms. The van der Waals surface area contributed by atoms with Crippen molar-refractivity contribution >= 4 is 0 Å². The molecule has 0 bridgehead atoms. The molecule has 1 aliphatic heterocycles. The number of hydrogen-bond donors (Lipinski definition) is 1. The first-order chi connectivity index (χ1) is 8.27. The predicted molar refractivity (Wildman–Crippen MR) is 62.9 cm³/mol. The Labute approximate surface area is 99.9 Å². The predicted octanol–water partition coefficient (Wildman–Crippen LogP) is 1.78. The first kappa shape index (κ1) is 11.0. The zero-order chi connectivity index (χ0) is 11.7. The summed E-state index contributed by atoms with van der Waals surface area (Å²) in [7, 11) is 0. The van der Waals surface area contributed by atoms with Crippen molar-refractivity contribution < 1.29 is 9.47 Å². The Balaban J connectivity index is 1.70. The number of H-pyrrole nitrogens is 1. The van der Waals surface area contributed by atoms with Gasteiger partial charge in [0.15, 0.2) is 11.2 Å². The van der Waals surface area contributed by atoms with Crippen molar-refractivity contribution in [3.8, 4) is 0 Å². The minimum Gasteiger partial charge on any atom is -0.365 e. The third kappa shape index (κ3) is 2.15. The summed E-state index contributed by atoms with van der Waals surface area (Å²) in [6, 6.07) is 3.26. The van der Waals surface area contributed by atoms with E-state index in [4.69, 9.17) is 9.47 Å². The van der Waals surface area contributed by atoms with Gasteiger partial charge in [0.05, 0.1) is 13.2 Å². The van der Waals surface area contributed by atoms with Gasteiger partial charge in [0.1, 0.15) is 0 Å². The number of aromatic nitrogens is 1. The van der Waals surface area contributed by atoms with Crippen LogP contribution in [0, 0.1) is 0 Å². The molecule has 92 valence electrons. The molecule has 4 nitrogen and oxygen atoms in total. The van der Waals surface area contributed by atoms with Gasteiger partial charge in [0.2, 0.25) is 0 Å². The lowest BCUT2D eigenvalue weighted by Crippen LogP contribution is -2.34. The molecule has 1 aromatic rings. The lowest BCUT2D eigenvalue weighted by atomic mass is 9.83. The summed E-state index contributed by atoms with van der Waals surface area (Å²) in [5.74, 6) is 0.119. The van der Waals surface area contributed by atoms with Gasteiger partial charge in [-0.15, -0.1) is 0 Å². The van der Waals surface area contributed by atoms with Crippen LogP contribution in [-0.4, -0.2) is 24.0 Å². The highest BCUT2D eigenvalue weighted by Crippen LogP contribution is 2.41. The number of rotatable bonds is 1. The van der Waals surface area contributed by atoms with Gasteiger partial charge in [-0.25, -0.2) is 0 Å². The smallest absolute Gasteiger partial charge is 0.181 e. The third-order valence-corrected chi connectivity index (χ3v) is 3.80. The second-order valence-electron chi connectivity index (χ2n) is 4.86. The summed E-state index contributed by atoms with van der Waals surface area (Å²) in [4.78, 5) is 14.5. The summed E-state index contributed by atoms with van der Waals surface area (Å²) in [6.07, 6.45) is 5.60. The van der Waals surface area contributed by atoms with Gasteiger partial charge in [-0.2, -0.15) is 0 Å². The van der Waals surface area contributed by atoms with Crippen LogP contribution in [-0.2, 0) is 9.47 Å². The maximum Gasteiger partial charge on any atom is 0.181 e. The lowest BCUT2D eigenvalue weighted by Gasteiger charge is -2.35. The lowest BCUT2D eigenvalue weighted by molar-refractivity contribution is -0.178. The van der Waals surface area contributed by atoms with E-state index < -0.39 is 0 Å². The van der Waals surface area contributed by atoms with Gasteiger partial charge < -0.3 is 14.5 Å². The van der Waals surface area contributed by atoms with Crippen molar-refractivity contribution in [1.29, 1.82) is 0 Å². The molecule has 2 fully saturated rings. The summed E-state index contributed by atoms with van der Waals surface area (Å²) >= 11 is 0. The van der Waals surface area contributed by atoms with Gasteiger partial charge >= 0.3 is 0 Å². The second kappa shape index (κ2) is 4.27. The minimum atomic E-state index is -0.314. The molecule has 0 unspecified atom stereocenters. The van der Waals surface area contributed by atoms with Crippen molar-refractivity contribution in [3.05, 3.63) is 34.2 Å². The van der Waals surface area contributed by atoms with E-state index in [1.165, 1.54) is 0 Å². The zero-order valence-electron chi connectivity index (χ0n) is 9.78. The first-order valence-electron chi connectivity index (χ1n) is 6.24. The highest BCUT2D eigenvalue weighted by molar-refractivity contribution is 5.11. The van der Waals surface area contributed by atoms with Crippen LogP contribution < -0.4 is 5.43 Å². The van der Waals surface area contributed by atoms with Crippen molar-refractivity contribution in [2.24, 2.45) is 0 Å². The van der Waals surface area contributed by atoms with E-state index in [9.17, 15) is 4.79 Å². The Hall–Kier alpha value is -1.13. The molecule has 2 aliphatic rings. The molecule has 1 aliphatic carbocycles. The number of hydrogen-bond acceptors (Lipinski definition) is 3. The van der Waals surface area contributed by atoms with Crippen LogP contribution >= 0.6 is 0 Å². The maximum absolute atomic E-state index is 11.3. The highest BCUT2D eigenvalue weighted by Gasteiger charge is 2.40. The molecule has 2 heterocycles. The van der Waals surface area contributed by atoms with Crippen LogP contribution in [0.1, 0.15) is 37.3 Å². The Kier molecular flexibility index (Phi) is 2.76. The average molecular weight is 235 g/mol. The summed E-state index contributed by atoms with van der Waals surface area (Å²) in [6.45, 7) is 1.43. The first-order valence-corrected chi connectivity index (χ1v) is 6.24. The normalized spacial score (nSPS) is 24.2. The van der Waals surface area contributed by atoms with Crippen molar-refractivity contribution in [3.63, 3.8) is 0 Å². The van der Waals surface area contributed by atoms with E-state index in [0.29, 0.717) is 19.1 Å². The van der Waals surface area contributed by atoms with E-state index in [1.54, 1.807) is 18.3 Å². The highest BCUT2D eigenvalue weighted by atomic mass is 16.7. The average Bonchev–Trinajstić information content (AvgIpc) is 2.79. The molecule has 1 saturated carbocycles. The van der Waals surface area contributed by atoms with Gasteiger partial charge in [0, 0.05) is 36.9 Å². The molecule has 3 rings (SSSR count). The SMILES string of the molecule is O=c1cc[nH]c(C2CCC3(CC2)OCCO3)c1. The summed E-state index contributed by atoms with van der Waals surface area (Å²) in [5.41, 5.74) is 1.12. The molecular formula is C13H17NO3. The quantitative estimate of drug-likeness (QED) is 0.807. The Morgan fingerprint density at radius 3 is 2.59 bits per heavy atom. The van der Waals surface area contributed by atoms with Crippen LogP contribution in [0.2, 0.25) is 0 Å². The number of aromatic amines is 1. The number of nitrogens with one attached hydrogen (secondary N) is 1. The molecule has 0 atom stereocenters. The molecule has 0 radical (unpaired) electrons. The van der Waals surface area contributed by atoms with Crippen LogP contribution in [0.4, 0.5) is 0 Å². The van der Waals surface area contributed by atoms with E-state index in [2.05, 4.69) is 4.98 Å². The second-order valence-corrected chi connectivity index (χ2v) is 4.86. The topological polar surface area (TPSA) is 51.3 Å². The fraction of sp³-hybridized carbons (Fsp3) is 0.615. The number of pyridine rings is 1. The van der Waals surface area contributed by atoms with Gasteiger partial charge in [-0.05, 0) is 18.8 Å². The third-order valence-electron chi connectivity index (χ3n) is 3.80. The monoisotopic (exact) mass is 235 g/mol. The molecule has 1 N–H and O–H groups in total. The van der Waals surface area contributed by atoms with Crippen molar-refractivity contribution in [1.82, 2.24) is 4.98 Å². The molecular weight excluding hydrogens is 218 g/mol.